The van der Waals surface area contributed by atoms with Gasteiger partial charge in [0.05, 0.1) is 17.1 Å². The number of carboxylic acids is 1. The van der Waals surface area contributed by atoms with Gasteiger partial charge < -0.3 is 10.4 Å². The fraction of sp³-hybridized carbons (Fsp3) is 0.200. The van der Waals surface area contributed by atoms with Gasteiger partial charge in [0.25, 0.3) is 11.6 Å². The number of nitro groups is 1. The molecule has 0 unspecified atom stereocenters. The Hall–Kier alpha value is -4.08. The van der Waals surface area contributed by atoms with Gasteiger partial charge >= 0.3 is 5.97 Å². The van der Waals surface area contributed by atoms with Crippen molar-refractivity contribution in [3.05, 3.63) is 69.8 Å². The van der Waals surface area contributed by atoms with Crippen molar-refractivity contribution < 1.29 is 24.4 Å². The number of hydrogen-bond donors (Lipinski definition) is 2. The number of aliphatic carboxylic acids is 1. The van der Waals surface area contributed by atoms with E-state index < -0.39 is 34.7 Å². The third-order valence-electron chi connectivity index (χ3n) is 5.18. The van der Waals surface area contributed by atoms with E-state index in [0.717, 1.165) is 5.01 Å². The summed E-state index contributed by atoms with van der Waals surface area (Å²) in [5.41, 5.74) is 0.211. The number of benzene rings is 2. The van der Waals surface area contributed by atoms with Crippen molar-refractivity contribution in [2.75, 3.05) is 5.32 Å². The van der Waals surface area contributed by atoms with Crippen molar-refractivity contribution in [2.24, 2.45) is 5.10 Å². The van der Waals surface area contributed by atoms with E-state index in [1.54, 1.807) is 30.3 Å². The first-order valence-electron chi connectivity index (χ1n) is 9.11. The van der Waals surface area contributed by atoms with Gasteiger partial charge in [-0.1, -0.05) is 30.3 Å². The molecule has 0 aliphatic carbocycles. The van der Waals surface area contributed by atoms with E-state index in [2.05, 4.69) is 10.4 Å². The van der Waals surface area contributed by atoms with Crippen LogP contribution in [0.3, 0.4) is 0 Å². The first-order chi connectivity index (χ1) is 14.3. The van der Waals surface area contributed by atoms with Crippen LogP contribution in [-0.2, 0) is 19.9 Å². The Balaban J connectivity index is 1.80. The molecule has 1 atom stereocenters. The Morgan fingerprint density at radius 1 is 1.20 bits per heavy atom. The van der Waals surface area contributed by atoms with Crippen molar-refractivity contribution in [2.45, 2.75) is 24.8 Å². The lowest BCUT2D eigenvalue weighted by Crippen LogP contribution is -2.48. The molecular weight excluding hydrogens is 392 g/mol. The lowest BCUT2D eigenvalue weighted by Gasteiger charge is -2.30. The number of fused-ring (bicyclic) bond motifs is 2. The molecule has 0 fully saturated rings. The number of non-ortho nitro benzene ring substituents is 1. The second-order valence-corrected chi connectivity index (χ2v) is 6.99. The maximum Gasteiger partial charge on any atom is 0.303 e. The van der Waals surface area contributed by atoms with Gasteiger partial charge in [0.1, 0.15) is 0 Å². The van der Waals surface area contributed by atoms with E-state index in [4.69, 9.17) is 5.11 Å². The van der Waals surface area contributed by atoms with E-state index >= 15 is 0 Å². The van der Waals surface area contributed by atoms with Crippen molar-refractivity contribution in [3.63, 3.8) is 0 Å². The Bertz CT molecular complexity index is 1130. The van der Waals surface area contributed by atoms with Gasteiger partial charge in [-0.2, -0.15) is 5.10 Å². The van der Waals surface area contributed by atoms with E-state index in [-0.39, 0.29) is 18.5 Å². The molecule has 1 spiro atoms. The average Bonchev–Trinajstić information content (AvgIpc) is 3.26. The fourth-order valence-electron chi connectivity index (χ4n) is 3.79. The molecule has 2 heterocycles. The van der Waals surface area contributed by atoms with Crippen LogP contribution < -0.4 is 5.32 Å². The molecule has 152 valence electrons. The fourth-order valence-corrected chi connectivity index (χ4v) is 3.79. The molecule has 2 amide bonds. The zero-order valence-electron chi connectivity index (χ0n) is 15.6. The summed E-state index contributed by atoms with van der Waals surface area (Å²) in [5, 5.41) is 28.2. The topological polar surface area (TPSA) is 142 Å². The lowest BCUT2D eigenvalue weighted by atomic mass is 9.84. The molecule has 2 N–H and O–H groups in total. The Labute approximate surface area is 170 Å². The van der Waals surface area contributed by atoms with Crippen LogP contribution >= 0.6 is 0 Å². The van der Waals surface area contributed by atoms with Crippen molar-refractivity contribution in [1.29, 1.82) is 0 Å². The number of anilines is 1. The first-order valence-corrected chi connectivity index (χ1v) is 9.11. The number of hydrazone groups is 1. The summed E-state index contributed by atoms with van der Waals surface area (Å²) >= 11 is 0. The second-order valence-electron chi connectivity index (χ2n) is 6.99. The minimum atomic E-state index is -1.47. The number of nitro benzene ring substituents is 1. The van der Waals surface area contributed by atoms with Crippen LogP contribution in [0.4, 0.5) is 11.4 Å². The van der Waals surface area contributed by atoms with Crippen molar-refractivity contribution in [3.8, 4) is 0 Å². The quantitative estimate of drug-likeness (QED) is 0.574. The predicted octanol–water partition coefficient (Wildman–Crippen LogP) is 2.24. The number of hydrogen-bond acceptors (Lipinski definition) is 6. The highest BCUT2D eigenvalue weighted by atomic mass is 16.6. The molecule has 4 rings (SSSR count). The maximum absolute atomic E-state index is 13.1. The first kappa shape index (κ1) is 19.2. The van der Waals surface area contributed by atoms with E-state index in [0.29, 0.717) is 22.5 Å². The summed E-state index contributed by atoms with van der Waals surface area (Å²) in [6.45, 7) is 0. The Morgan fingerprint density at radius 3 is 2.70 bits per heavy atom. The van der Waals surface area contributed by atoms with Crippen LogP contribution in [0, 0.1) is 10.1 Å². The highest BCUT2D eigenvalue weighted by Crippen LogP contribution is 2.47. The molecule has 0 saturated heterocycles. The molecule has 0 bridgehead atoms. The summed E-state index contributed by atoms with van der Waals surface area (Å²) in [4.78, 5) is 47.5. The second kappa shape index (κ2) is 7.07. The number of para-hydroxylation sites is 1. The minimum Gasteiger partial charge on any atom is -0.481 e. The third-order valence-corrected chi connectivity index (χ3v) is 5.18. The molecule has 30 heavy (non-hydrogen) atoms. The highest BCUT2D eigenvalue weighted by Gasteiger charge is 2.57. The zero-order valence-corrected chi connectivity index (χ0v) is 15.6. The van der Waals surface area contributed by atoms with Crippen LogP contribution in [0.5, 0.6) is 0 Å². The number of amides is 2. The third kappa shape index (κ3) is 2.98. The molecule has 0 radical (unpaired) electrons. The monoisotopic (exact) mass is 408 g/mol. The van der Waals surface area contributed by atoms with Crippen molar-refractivity contribution >= 4 is 34.9 Å². The largest absolute Gasteiger partial charge is 0.481 e. The number of carbonyl (C=O) groups is 3. The Kier molecular flexibility index (Phi) is 4.53. The minimum absolute atomic E-state index is 0.00975. The van der Waals surface area contributed by atoms with Crippen LogP contribution in [-0.4, -0.2) is 38.5 Å². The summed E-state index contributed by atoms with van der Waals surface area (Å²) in [6, 6.07) is 12.7. The van der Waals surface area contributed by atoms with Gasteiger partial charge in [-0.15, -0.1) is 0 Å². The summed E-state index contributed by atoms with van der Waals surface area (Å²) in [6.07, 6.45) is -0.732. The summed E-state index contributed by atoms with van der Waals surface area (Å²) in [7, 11) is 0. The molecule has 2 aliphatic heterocycles. The normalized spacial score (nSPS) is 19.4. The van der Waals surface area contributed by atoms with Gasteiger partial charge in [-0.3, -0.25) is 24.5 Å². The zero-order chi connectivity index (χ0) is 21.5. The van der Waals surface area contributed by atoms with Crippen LogP contribution in [0.15, 0.2) is 53.6 Å². The number of carbonyl (C=O) groups excluding carboxylic acids is 2. The number of nitrogens with one attached hydrogen (secondary N) is 1. The van der Waals surface area contributed by atoms with Gasteiger partial charge in [0.2, 0.25) is 5.91 Å². The van der Waals surface area contributed by atoms with Crippen LogP contribution in [0.1, 0.15) is 30.4 Å². The van der Waals surface area contributed by atoms with Crippen LogP contribution in [0.2, 0.25) is 0 Å². The summed E-state index contributed by atoms with van der Waals surface area (Å²) < 4.78 is 0. The van der Waals surface area contributed by atoms with Crippen molar-refractivity contribution in [1.82, 2.24) is 5.01 Å². The molecule has 2 aromatic carbocycles. The molecule has 10 heteroatoms. The smallest absolute Gasteiger partial charge is 0.303 e. The average molecular weight is 408 g/mol. The molecule has 0 saturated carbocycles. The molecule has 0 aromatic heterocycles. The predicted molar refractivity (Wildman–Crippen MR) is 105 cm³/mol. The van der Waals surface area contributed by atoms with E-state index in [1.165, 1.54) is 18.2 Å². The van der Waals surface area contributed by atoms with Gasteiger partial charge in [-0.25, -0.2) is 5.01 Å². The number of nitrogens with zero attached hydrogens (tertiary/aromatic N) is 3. The summed E-state index contributed by atoms with van der Waals surface area (Å²) in [5.74, 6) is -2.23. The Morgan fingerprint density at radius 2 is 1.97 bits per heavy atom. The SMILES string of the molecule is O=C(O)CCC(=O)N1N=C(c2cccc([N+](=O)[O-])c2)C[C@@]12C(=O)Nc1ccccc12. The standard InChI is InChI=1S/C20H16N4O6/c25-17(8-9-18(26)27)23-20(14-6-1-2-7-15(14)21-19(20)28)11-16(22-23)12-4-3-5-13(10-12)24(29)30/h1-7,10H,8-9,11H2,(H,21,28)(H,26,27)/t20-/m1/s1. The van der Waals surface area contributed by atoms with Gasteiger partial charge in [0.15, 0.2) is 5.54 Å². The van der Waals surface area contributed by atoms with Crippen LogP contribution in [0.25, 0.3) is 0 Å². The molecule has 2 aliphatic rings. The lowest BCUT2D eigenvalue weighted by molar-refractivity contribution is -0.384. The maximum atomic E-state index is 13.1. The molecule has 2 aromatic rings. The highest BCUT2D eigenvalue weighted by molar-refractivity contribution is 6.15. The number of rotatable bonds is 5. The van der Waals surface area contributed by atoms with Gasteiger partial charge in [-0.05, 0) is 6.07 Å². The van der Waals surface area contributed by atoms with E-state index in [1.807, 2.05) is 0 Å². The van der Waals surface area contributed by atoms with Gasteiger partial charge in [0, 0.05) is 41.8 Å². The molecular formula is C20H16N4O6. The molecule has 10 nitrogen and oxygen atoms in total. The van der Waals surface area contributed by atoms with E-state index in [9.17, 15) is 24.5 Å². The number of carboxylic acid groups (broad SMARTS) is 1.